The van der Waals surface area contributed by atoms with Crippen LogP contribution in [0.3, 0.4) is 0 Å². The molecule has 2 rings (SSSR count). The molecule has 0 aromatic heterocycles. The summed E-state index contributed by atoms with van der Waals surface area (Å²) < 4.78 is 0. The van der Waals surface area contributed by atoms with E-state index < -0.39 is 6.04 Å². The first-order valence-electron chi connectivity index (χ1n) is 9.99. The van der Waals surface area contributed by atoms with Gasteiger partial charge in [0.25, 0.3) is 0 Å². The van der Waals surface area contributed by atoms with E-state index in [2.05, 4.69) is 30.5 Å². The summed E-state index contributed by atoms with van der Waals surface area (Å²) in [5.41, 5.74) is 3.02. The summed E-state index contributed by atoms with van der Waals surface area (Å²) in [5.74, 6) is 0.760. The molecule has 0 heterocycles. The highest BCUT2D eigenvalue weighted by molar-refractivity contribution is 5.97. The number of benzene rings is 1. The van der Waals surface area contributed by atoms with Crippen molar-refractivity contribution < 1.29 is 9.59 Å². The number of anilines is 1. The second-order valence-electron chi connectivity index (χ2n) is 8.19. The van der Waals surface area contributed by atoms with Gasteiger partial charge in [-0.1, -0.05) is 33.3 Å². The Morgan fingerprint density at radius 2 is 1.65 bits per heavy atom. The van der Waals surface area contributed by atoms with Crippen LogP contribution in [0.5, 0.6) is 0 Å². The van der Waals surface area contributed by atoms with E-state index in [1.54, 1.807) is 0 Å². The number of nitrogens with one attached hydrogen (secondary N) is 2. The number of carbonyl (C=O) groups excluding carboxylic acids is 2. The molecule has 0 spiro atoms. The SMILES string of the molecule is CC[C@@H](C)[C@H](NC(=O)C1CCC(C)CC1)C(=O)Nc1cc(C)cc(C)c1. The molecule has 0 bridgehead atoms. The molecule has 2 N–H and O–H groups in total. The van der Waals surface area contributed by atoms with Gasteiger partial charge in [-0.05, 0) is 74.6 Å². The molecule has 1 aliphatic carbocycles. The van der Waals surface area contributed by atoms with E-state index in [1.807, 2.05) is 32.9 Å². The zero-order valence-corrected chi connectivity index (χ0v) is 16.9. The zero-order valence-electron chi connectivity index (χ0n) is 16.9. The number of amides is 2. The standard InChI is InChI=1S/C22H34N2O2/c1-6-17(5)20(24-21(25)18-9-7-14(2)8-10-18)22(26)23-19-12-15(3)11-16(4)13-19/h11-14,17-18,20H,6-10H2,1-5H3,(H,23,26)(H,24,25)/t14?,17-,18?,20+/m1/s1. The average molecular weight is 359 g/mol. The van der Waals surface area contributed by atoms with Gasteiger partial charge in [0.2, 0.25) is 11.8 Å². The van der Waals surface area contributed by atoms with Gasteiger partial charge in [-0.25, -0.2) is 0 Å². The van der Waals surface area contributed by atoms with Gasteiger partial charge in [-0.3, -0.25) is 9.59 Å². The summed E-state index contributed by atoms with van der Waals surface area (Å²) in [6.07, 6.45) is 4.90. The Balaban J connectivity index is 2.05. The fourth-order valence-corrected chi connectivity index (χ4v) is 3.76. The van der Waals surface area contributed by atoms with E-state index in [0.29, 0.717) is 5.92 Å². The van der Waals surface area contributed by atoms with Crippen molar-refractivity contribution in [3.05, 3.63) is 29.3 Å². The molecule has 1 aliphatic rings. The highest BCUT2D eigenvalue weighted by Gasteiger charge is 2.30. The van der Waals surface area contributed by atoms with Crippen molar-refractivity contribution in [3.8, 4) is 0 Å². The van der Waals surface area contributed by atoms with E-state index in [1.165, 1.54) is 0 Å². The smallest absolute Gasteiger partial charge is 0.247 e. The van der Waals surface area contributed by atoms with Gasteiger partial charge in [-0.15, -0.1) is 0 Å². The Bertz CT molecular complexity index is 613. The lowest BCUT2D eigenvalue weighted by molar-refractivity contribution is -0.131. The van der Waals surface area contributed by atoms with Crippen molar-refractivity contribution in [1.82, 2.24) is 5.32 Å². The van der Waals surface area contributed by atoms with E-state index in [0.717, 1.165) is 48.9 Å². The molecule has 0 unspecified atom stereocenters. The maximum Gasteiger partial charge on any atom is 0.247 e. The van der Waals surface area contributed by atoms with Crippen LogP contribution >= 0.6 is 0 Å². The fourth-order valence-electron chi connectivity index (χ4n) is 3.76. The highest BCUT2D eigenvalue weighted by Crippen LogP contribution is 2.28. The van der Waals surface area contributed by atoms with E-state index in [-0.39, 0.29) is 23.7 Å². The van der Waals surface area contributed by atoms with Gasteiger partial charge in [0.15, 0.2) is 0 Å². The van der Waals surface area contributed by atoms with Crippen LogP contribution in [0, 0.1) is 31.6 Å². The third kappa shape index (κ3) is 5.58. The Morgan fingerprint density at radius 1 is 1.08 bits per heavy atom. The predicted molar refractivity (Wildman–Crippen MR) is 107 cm³/mol. The molecule has 1 saturated carbocycles. The maximum absolute atomic E-state index is 12.9. The lowest BCUT2D eigenvalue weighted by Crippen LogP contribution is -2.49. The van der Waals surface area contributed by atoms with Gasteiger partial charge in [0.05, 0.1) is 0 Å². The second kappa shape index (κ2) is 9.20. The molecule has 0 saturated heterocycles. The topological polar surface area (TPSA) is 58.2 Å². The summed E-state index contributed by atoms with van der Waals surface area (Å²) in [5, 5.41) is 6.05. The third-order valence-corrected chi connectivity index (χ3v) is 5.67. The van der Waals surface area contributed by atoms with Crippen molar-refractivity contribution >= 4 is 17.5 Å². The molecule has 4 heteroatoms. The lowest BCUT2D eigenvalue weighted by Gasteiger charge is -2.29. The van der Waals surface area contributed by atoms with Crippen LogP contribution < -0.4 is 10.6 Å². The van der Waals surface area contributed by atoms with Gasteiger partial charge in [0, 0.05) is 11.6 Å². The molecule has 2 amide bonds. The van der Waals surface area contributed by atoms with Gasteiger partial charge < -0.3 is 10.6 Å². The third-order valence-electron chi connectivity index (χ3n) is 5.67. The van der Waals surface area contributed by atoms with E-state index >= 15 is 0 Å². The summed E-state index contributed by atoms with van der Waals surface area (Å²) in [7, 11) is 0. The summed E-state index contributed by atoms with van der Waals surface area (Å²) >= 11 is 0. The van der Waals surface area contributed by atoms with Gasteiger partial charge in [-0.2, -0.15) is 0 Å². The minimum absolute atomic E-state index is 0.0396. The number of hydrogen-bond acceptors (Lipinski definition) is 2. The molecular formula is C22H34N2O2. The van der Waals surface area contributed by atoms with Crippen molar-refractivity contribution in [1.29, 1.82) is 0 Å². The average Bonchev–Trinajstić information content (AvgIpc) is 2.58. The minimum Gasteiger partial charge on any atom is -0.344 e. The molecule has 0 radical (unpaired) electrons. The van der Waals surface area contributed by atoms with E-state index in [4.69, 9.17) is 0 Å². The first-order valence-corrected chi connectivity index (χ1v) is 9.99. The van der Waals surface area contributed by atoms with Crippen molar-refractivity contribution in [2.24, 2.45) is 17.8 Å². The quantitative estimate of drug-likeness (QED) is 0.781. The van der Waals surface area contributed by atoms with E-state index in [9.17, 15) is 9.59 Å². The van der Waals surface area contributed by atoms with Crippen LogP contribution in [0.4, 0.5) is 5.69 Å². The number of rotatable bonds is 6. The molecule has 1 aromatic carbocycles. The molecule has 1 aromatic rings. The first-order chi connectivity index (χ1) is 12.3. The Morgan fingerprint density at radius 3 is 2.19 bits per heavy atom. The van der Waals surface area contributed by atoms with Gasteiger partial charge in [0.1, 0.15) is 6.04 Å². The molecule has 4 nitrogen and oxygen atoms in total. The Hall–Kier alpha value is -1.84. The number of aryl methyl sites for hydroxylation is 2. The van der Waals surface area contributed by atoms with Crippen LogP contribution in [0.2, 0.25) is 0 Å². The fraction of sp³-hybridized carbons (Fsp3) is 0.636. The summed E-state index contributed by atoms with van der Waals surface area (Å²) in [4.78, 5) is 25.6. The lowest BCUT2D eigenvalue weighted by atomic mass is 9.82. The van der Waals surface area contributed by atoms with Crippen LogP contribution in [-0.2, 0) is 9.59 Å². The molecule has 144 valence electrons. The van der Waals surface area contributed by atoms with Gasteiger partial charge >= 0.3 is 0 Å². The Kier molecular flexibility index (Phi) is 7.24. The number of hydrogen-bond donors (Lipinski definition) is 2. The molecule has 0 aliphatic heterocycles. The van der Waals surface area contributed by atoms with Crippen LogP contribution in [-0.4, -0.2) is 17.9 Å². The van der Waals surface area contributed by atoms with Crippen molar-refractivity contribution in [2.45, 2.75) is 72.8 Å². The second-order valence-corrected chi connectivity index (χ2v) is 8.19. The molecule has 26 heavy (non-hydrogen) atoms. The van der Waals surface area contributed by atoms with Crippen molar-refractivity contribution in [2.75, 3.05) is 5.32 Å². The maximum atomic E-state index is 12.9. The monoisotopic (exact) mass is 358 g/mol. The minimum atomic E-state index is -0.493. The molecule has 1 fully saturated rings. The van der Waals surface area contributed by atoms with Crippen LogP contribution in [0.25, 0.3) is 0 Å². The predicted octanol–water partition coefficient (Wildman–Crippen LogP) is 4.60. The largest absolute Gasteiger partial charge is 0.344 e. The highest BCUT2D eigenvalue weighted by atomic mass is 16.2. The zero-order chi connectivity index (χ0) is 19.3. The molecule has 2 atom stereocenters. The molecular weight excluding hydrogens is 324 g/mol. The first kappa shape index (κ1) is 20.5. The summed E-state index contributed by atoms with van der Waals surface area (Å²) in [6.45, 7) is 10.3. The number of carbonyl (C=O) groups is 2. The normalized spacial score (nSPS) is 22.3. The van der Waals surface area contributed by atoms with Crippen molar-refractivity contribution in [3.63, 3.8) is 0 Å². The van der Waals surface area contributed by atoms with Crippen LogP contribution in [0.1, 0.15) is 64.0 Å². The summed E-state index contributed by atoms with van der Waals surface area (Å²) in [6, 6.07) is 5.51. The van der Waals surface area contributed by atoms with Crippen LogP contribution in [0.15, 0.2) is 18.2 Å². The Labute approximate surface area is 158 Å².